The molecule has 2 aromatic carbocycles. The SMILES string of the molecule is COc1cccc(CCNc2ccc(C(=O)Nc3ccc(C#N)cc3)nn2)c1. The van der Waals surface area contributed by atoms with Gasteiger partial charge in [-0.1, -0.05) is 12.1 Å². The standard InChI is InChI=1S/C21H19N5O2/c1-28-18-4-2-3-15(13-18)11-12-23-20-10-9-19(25-26-20)21(27)24-17-7-5-16(14-22)6-8-17/h2-10,13H,11-12H2,1H3,(H,23,26)(H,24,27). The number of nitriles is 1. The number of benzene rings is 2. The van der Waals surface area contributed by atoms with E-state index >= 15 is 0 Å². The lowest BCUT2D eigenvalue weighted by molar-refractivity contribution is 0.102. The summed E-state index contributed by atoms with van der Waals surface area (Å²) in [6, 6.07) is 19.8. The van der Waals surface area contributed by atoms with Gasteiger partial charge in [0.15, 0.2) is 5.69 Å². The summed E-state index contributed by atoms with van der Waals surface area (Å²) >= 11 is 0. The summed E-state index contributed by atoms with van der Waals surface area (Å²) in [5, 5.41) is 22.7. The maximum Gasteiger partial charge on any atom is 0.276 e. The molecule has 28 heavy (non-hydrogen) atoms. The van der Waals surface area contributed by atoms with E-state index in [0.29, 0.717) is 23.6 Å². The van der Waals surface area contributed by atoms with E-state index in [0.717, 1.165) is 17.7 Å². The second-order valence-corrected chi connectivity index (χ2v) is 5.98. The van der Waals surface area contributed by atoms with Crippen LogP contribution in [0.15, 0.2) is 60.7 Å². The quantitative estimate of drug-likeness (QED) is 0.659. The molecule has 0 spiro atoms. The van der Waals surface area contributed by atoms with Gasteiger partial charge in [0.05, 0.1) is 18.7 Å². The van der Waals surface area contributed by atoms with Gasteiger partial charge in [0, 0.05) is 12.2 Å². The molecule has 1 heterocycles. The van der Waals surface area contributed by atoms with Crippen LogP contribution in [0.4, 0.5) is 11.5 Å². The first-order chi connectivity index (χ1) is 13.7. The van der Waals surface area contributed by atoms with Gasteiger partial charge in [-0.25, -0.2) is 0 Å². The number of carbonyl (C=O) groups is 1. The molecule has 0 radical (unpaired) electrons. The zero-order valence-electron chi connectivity index (χ0n) is 15.3. The van der Waals surface area contributed by atoms with Crippen LogP contribution in [0.25, 0.3) is 0 Å². The van der Waals surface area contributed by atoms with E-state index in [-0.39, 0.29) is 11.6 Å². The molecular weight excluding hydrogens is 354 g/mol. The number of amides is 1. The fourth-order valence-electron chi connectivity index (χ4n) is 2.53. The molecule has 0 atom stereocenters. The molecule has 0 unspecified atom stereocenters. The van der Waals surface area contributed by atoms with Gasteiger partial charge >= 0.3 is 0 Å². The van der Waals surface area contributed by atoms with Crippen molar-refractivity contribution in [2.45, 2.75) is 6.42 Å². The van der Waals surface area contributed by atoms with Crippen LogP contribution < -0.4 is 15.4 Å². The Bertz CT molecular complexity index is 979. The second-order valence-electron chi connectivity index (χ2n) is 5.98. The first kappa shape index (κ1) is 18.9. The summed E-state index contributed by atoms with van der Waals surface area (Å²) in [6.07, 6.45) is 0.805. The molecule has 2 N–H and O–H groups in total. The van der Waals surface area contributed by atoms with E-state index in [1.54, 1.807) is 43.5 Å². The van der Waals surface area contributed by atoms with Crippen molar-refractivity contribution in [1.29, 1.82) is 5.26 Å². The van der Waals surface area contributed by atoms with Crippen molar-refractivity contribution in [3.8, 4) is 11.8 Å². The van der Waals surface area contributed by atoms with Crippen LogP contribution in [0.2, 0.25) is 0 Å². The lowest BCUT2D eigenvalue weighted by Gasteiger charge is -2.07. The topological polar surface area (TPSA) is 99.9 Å². The maximum atomic E-state index is 12.2. The Morgan fingerprint density at radius 2 is 1.93 bits per heavy atom. The van der Waals surface area contributed by atoms with Gasteiger partial charge in [-0.2, -0.15) is 5.26 Å². The number of carbonyl (C=O) groups excluding carboxylic acids is 1. The molecule has 0 aliphatic heterocycles. The molecule has 1 amide bonds. The summed E-state index contributed by atoms with van der Waals surface area (Å²) in [5.74, 6) is 1.06. The van der Waals surface area contributed by atoms with Crippen molar-refractivity contribution >= 4 is 17.4 Å². The van der Waals surface area contributed by atoms with E-state index in [9.17, 15) is 4.79 Å². The lowest BCUT2D eigenvalue weighted by atomic mass is 10.1. The molecule has 0 fully saturated rings. The molecule has 1 aromatic heterocycles. The largest absolute Gasteiger partial charge is 0.497 e. The molecule has 7 heteroatoms. The van der Waals surface area contributed by atoms with Crippen LogP contribution in [-0.2, 0) is 6.42 Å². The Morgan fingerprint density at radius 1 is 1.11 bits per heavy atom. The Balaban J connectivity index is 1.52. The zero-order chi connectivity index (χ0) is 19.8. The third kappa shape index (κ3) is 5.05. The number of hydrogen-bond acceptors (Lipinski definition) is 6. The van der Waals surface area contributed by atoms with Gasteiger partial charge in [0.25, 0.3) is 5.91 Å². The van der Waals surface area contributed by atoms with Gasteiger partial charge in [0.2, 0.25) is 0 Å². The van der Waals surface area contributed by atoms with Gasteiger partial charge in [0.1, 0.15) is 11.6 Å². The third-order valence-corrected chi connectivity index (χ3v) is 4.02. The molecule has 140 valence electrons. The molecule has 0 aliphatic carbocycles. The fourth-order valence-corrected chi connectivity index (χ4v) is 2.53. The number of anilines is 2. The van der Waals surface area contributed by atoms with Crippen molar-refractivity contribution in [2.75, 3.05) is 24.3 Å². The molecule has 0 aliphatic rings. The summed E-state index contributed by atoms with van der Waals surface area (Å²) < 4.78 is 5.21. The minimum absolute atomic E-state index is 0.211. The predicted molar refractivity (Wildman–Crippen MR) is 106 cm³/mol. The number of nitrogens with one attached hydrogen (secondary N) is 2. The second kappa shape index (κ2) is 9.14. The van der Waals surface area contributed by atoms with E-state index in [4.69, 9.17) is 10.00 Å². The Hall–Kier alpha value is -3.92. The zero-order valence-corrected chi connectivity index (χ0v) is 15.3. The summed E-state index contributed by atoms with van der Waals surface area (Å²) in [5.41, 5.74) is 2.48. The molecule has 7 nitrogen and oxygen atoms in total. The maximum absolute atomic E-state index is 12.2. The first-order valence-electron chi connectivity index (χ1n) is 8.70. The average molecular weight is 373 g/mol. The number of aromatic nitrogens is 2. The number of methoxy groups -OCH3 is 1. The van der Waals surface area contributed by atoms with Gasteiger partial charge in [-0.3, -0.25) is 4.79 Å². The predicted octanol–water partition coefficient (Wildman–Crippen LogP) is 3.26. The van der Waals surface area contributed by atoms with Crippen molar-refractivity contribution in [1.82, 2.24) is 10.2 Å². The van der Waals surface area contributed by atoms with Crippen LogP contribution in [0.3, 0.4) is 0 Å². The van der Waals surface area contributed by atoms with Crippen molar-refractivity contribution in [2.24, 2.45) is 0 Å². The van der Waals surface area contributed by atoms with E-state index in [1.165, 1.54) is 0 Å². The van der Waals surface area contributed by atoms with Crippen LogP contribution in [-0.4, -0.2) is 29.8 Å². The summed E-state index contributed by atoms with van der Waals surface area (Å²) in [7, 11) is 1.64. The Morgan fingerprint density at radius 3 is 2.61 bits per heavy atom. The average Bonchev–Trinajstić information content (AvgIpc) is 2.75. The van der Waals surface area contributed by atoms with Crippen molar-refractivity contribution in [3.63, 3.8) is 0 Å². The first-order valence-corrected chi connectivity index (χ1v) is 8.70. The van der Waals surface area contributed by atoms with Gasteiger partial charge in [-0.05, 0) is 60.5 Å². The number of ether oxygens (including phenoxy) is 1. The normalized spacial score (nSPS) is 10.0. The number of hydrogen-bond donors (Lipinski definition) is 2. The molecule has 0 saturated heterocycles. The highest BCUT2D eigenvalue weighted by Crippen LogP contribution is 2.13. The van der Waals surface area contributed by atoms with Gasteiger partial charge in [-0.15, -0.1) is 10.2 Å². The van der Waals surface area contributed by atoms with Crippen molar-refractivity contribution in [3.05, 3.63) is 77.5 Å². The molecule has 3 rings (SSSR count). The highest BCUT2D eigenvalue weighted by atomic mass is 16.5. The minimum atomic E-state index is -0.361. The van der Waals surface area contributed by atoms with Crippen LogP contribution in [0, 0.1) is 11.3 Å². The summed E-state index contributed by atoms with van der Waals surface area (Å²) in [6.45, 7) is 0.679. The Kier molecular flexibility index (Phi) is 6.16. The van der Waals surface area contributed by atoms with Crippen molar-refractivity contribution < 1.29 is 9.53 Å². The van der Waals surface area contributed by atoms with E-state index < -0.39 is 0 Å². The molecular formula is C21H19N5O2. The highest BCUT2D eigenvalue weighted by molar-refractivity contribution is 6.02. The van der Waals surface area contributed by atoms with E-state index in [2.05, 4.69) is 20.8 Å². The number of nitrogens with zero attached hydrogens (tertiary/aromatic N) is 3. The van der Waals surface area contributed by atoms with Crippen LogP contribution in [0.1, 0.15) is 21.6 Å². The molecule has 0 saturated carbocycles. The van der Waals surface area contributed by atoms with Gasteiger partial charge < -0.3 is 15.4 Å². The van der Waals surface area contributed by atoms with E-state index in [1.807, 2.05) is 30.3 Å². The smallest absolute Gasteiger partial charge is 0.276 e. The lowest BCUT2D eigenvalue weighted by Crippen LogP contribution is -2.15. The third-order valence-electron chi connectivity index (χ3n) is 4.02. The number of rotatable bonds is 7. The monoisotopic (exact) mass is 373 g/mol. The highest BCUT2D eigenvalue weighted by Gasteiger charge is 2.09. The molecule has 3 aromatic rings. The van der Waals surface area contributed by atoms with Crippen LogP contribution >= 0.6 is 0 Å². The minimum Gasteiger partial charge on any atom is -0.497 e. The Labute approximate surface area is 163 Å². The van der Waals surface area contributed by atoms with Crippen LogP contribution in [0.5, 0.6) is 5.75 Å². The summed E-state index contributed by atoms with van der Waals surface area (Å²) in [4.78, 5) is 12.2. The fraction of sp³-hybridized carbons (Fsp3) is 0.143. The molecule has 0 bridgehead atoms.